The van der Waals surface area contributed by atoms with Crippen LogP contribution in [0.1, 0.15) is 137 Å². The van der Waals surface area contributed by atoms with E-state index in [0.29, 0.717) is 47.8 Å². The first-order chi connectivity index (χ1) is 62.8. The molecule has 34 heteroatoms. The lowest BCUT2D eigenvalue weighted by atomic mass is 9.72. The zero-order valence-corrected chi connectivity index (χ0v) is 77.6. The molecule has 1 saturated carbocycles. The fourth-order valence-corrected chi connectivity index (χ4v) is 22.6. The van der Waals surface area contributed by atoms with E-state index >= 15 is 0 Å². The standard InChI is InChI=1S/C49H55ClN8O7S.C48H55ClN8O7S/c1-49(2)14-12-34(42(25-49)32-5-7-35(50)8-6-32)28-55-16-18-56(19-17-55)37-10-11-41(44(22-37)65-39-21-33-13-15-51-47(33)52-26-39)48(59)53-66(62,63)40-23-43(58(60)61)46-45(24-40)64-30-38(54(46)3)29-57-27-31-4-9-36(57)20-31;1-48(2)15-13-34(41(27-48)32-7-9-35(49)10-8-32)29-55-19-21-56(22-20-55)36-11-12-40(43(24-36)64-38-23-33-14-16-50-46(33)51-28-38)47(58)52-65(61,62)39-25-42(57(59)60)45-44(26-39)63-31-37(53(45)3)30-54-17-5-4-6-18-54/h5-8,10-11,13,15,21-24,26,31,36,38H,4,9,12,14,16-20,25,27-30H2,1-3H3,(H,51,52)(H,53,59);7-12,14,16,23-26,28,37H,4-6,13,15,17-22,27,29-31H2,1-3H3,(H,50,51)(H,52,58)/t31-,36+,38+;37-/m01/s1. The molecule has 0 radical (unpaired) electrons. The average molecular weight is 1860 g/mol. The number of pyridine rings is 2. The summed E-state index contributed by atoms with van der Waals surface area (Å²) in [5.74, 6) is -0.151. The number of anilines is 4. The van der Waals surface area contributed by atoms with E-state index in [0.717, 1.165) is 187 Å². The van der Waals surface area contributed by atoms with Gasteiger partial charge in [-0.1, -0.05) is 92.7 Å². The number of hydrogen-bond acceptors (Lipinski definition) is 24. The maximum atomic E-state index is 14.1. The van der Waals surface area contributed by atoms with E-state index in [-0.39, 0.29) is 81.6 Å². The summed E-state index contributed by atoms with van der Waals surface area (Å²) in [7, 11) is -5.75. The van der Waals surface area contributed by atoms with Crippen LogP contribution in [0, 0.1) is 37.0 Å². The monoisotopic (exact) mass is 1860 g/mol. The van der Waals surface area contributed by atoms with Crippen molar-refractivity contribution in [3.8, 4) is 34.5 Å². The van der Waals surface area contributed by atoms with Crippen molar-refractivity contribution in [2.24, 2.45) is 16.7 Å². The van der Waals surface area contributed by atoms with Gasteiger partial charge in [-0.25, -0.2) is 36.2 Å². The third-order valence-corrected chi connectivity index (χ3v) is 30.9. The van der Waals surface area contributed by atoms with E-state index < -0.39 is 62.9 Å². The number of nitrogens with zero attached hydrogens (tertiary/aromatic N) is 12. The fourth-order valence-electron chi connectivity index (χ4n) is 20.4. The molecule has 4 N–H and O–H groups in total. The number of likely N-dealkylation sites (N-methyl/N-ethyl adjacent to an activating group) is 2. The molecule has 19 rings (SSSR count). The second-order valence-corrected chi connectivity index (χ2v) is 42.1. The van der Waals surface area contributed by atoms with Crippen molar-refractivity contribution >= 4 is 122 Å². The Morgan fingerprint density at radius 3 is 1.40 bits per heavy atom. The summed E-state index contributed by atoms with van der Waals surface area (Å²) >= 11 is 12.5. The zero-order chi connectivity index (χ0) is 91.4. The Morgan fingerprint density at radius 2 is 0.985 bits per heavy atom. The zero-order valence-electron chi connectivity index (χ0n) is 74.5. The van der Waals surface area contributed by atoms with E-state index in [1.165, 1.54) is 77.2 Å². The van der Waals surface area contributed by atoms with Crippen molar-refractivity contribution in [1.29, 1.82) is 0 Å². The molecule has 9 aliphatic rings. The summed E-state index contributed by atoms with van der Waals surface area (Å²) in [6.07, 6.45) is 19.9. The number of carbonyl (C=O) groups excluding carboxylic acids is 2. The van der Waals surface area contributed by atoms with Gasteiger partial charge in [0.05, 0.1) is 55.2 Å². The highest BCUT2D eigenvalue weighted by atomic mass is 35.5. The number of aromatic amines is 2. The number of hydrogen-bond donors (Lipinski definition) is 4. The number of rotatable bonds is 24. The smallest absolute Gasteiger partial charge is 0.297 e. The van der Waals surface area contributed by atoms with Crippen LogP contribution in [0.2, 0.25) is 10.0 Å². The number of fused-ring (bicyclic) bond motifs is 6. The van der Waals surface area contributed by atoms with Crippen LogP contribution in [0.25, 0.3) is 33.2 Å². The summed E-state index contributed by atoms with van der Waals surface area (Å²) in [6.45, 7) is 22.0. The summed E-state index contributed by atoms with van der Waals surface area (Å²) in [5, 5.41) is 28.1. The van der Waals surface area contributed by atoms with Crippen LogP contribution in [-0.4, -0.2) is 222 Å². The summed E-state index contributed by atoms with van der Waals surface area (Å²) < 4.78 is 85.2. The number of nitrogens with one attached hydrogen (secondary N) is 4. The van der Waals surface area contributed by atoms with Crippen molar-refractivity contribution in [1.82, 2.24) is 49.0 Å². The molecule has 0 unspecified atom stereocenters. The number of aromatic nitrogens is 4. The minimum Gasteiger partial charge on any atom is -0.489 e. The van der Waals surface area contributed by atoms with E-state index in [1.807, 2.05) is 41.3 Å². The lowest BCUT2D eigenvalue weighted by molar-refractivity contribution is -0.384. The van der Waals surface area contributed by atoms with Crippen LogP contribution in [0.5, 0.6) is 34.5 Å². The lowest BCUT2D eigenvalue weighted by Gasteiger charge is -2.39. The maximum absolute atomic E-state index is 14.1. The second kappa shape index (κ2) is 37.4. The second-order valence-electron chi connectivity index (χ2n) is 37.9. The molecule has 4 aromatic heterocycles. The van der Waals surface area contributed by atoms with E-state index in [1.54, 1.807) is 79.9 Å². The highest BCUT2D eigenvalue weighted by Crippen LogP contribution is 2.50. The Hall–Kier alpha value is -11.4. The molecule has 688 valence electrons. The number of ether oxygens (including phenoxy) is 4. The number of likely N-dealkylation sites (tertiary alicyclic amines) is 2. The van der Waals surface area contributed by atoms with Gasteiger partial charge in [-0.2, -0.15) is 0 Å². The van der Waals surface area contributed by atoms with Gasteiger partial charge < -0.3 is 53.4 Å². The van der Waals surface area contributed by atoms with Crippen molar-refractivity contribution in [3.05, 3.63) is 222 Å². The lowest BCUT2D eigenvalue weighted by Crippen LogP contribution is -2.50. The number of allylic oxidation sites excluding steroid dienone is 2. The van der Waals surface area contributed by atoms with Crippen LogP contribution in [0.4, 0.5) is 34.1 Å². The summed E-state index contributed by atoms with van der Waals surface area (Å²) in [5.41, 5.74) is 11.1. The van der Waals surface area contributed by atoms with Crippen molar-refractivity contribution in [3.63, 3.8) is 0 Å². The van der Waals surface area contributed by atoms with Gasteiger partial charge in [0.15, 0.2) is 22.9 Å². The topological polar surface area (TPSA) is 333 Å². The number of halogens is 2. The van der Waals surface area contributed by atoms with Gasteiger partial charge in [0, 0.05) is 186 Å². The number of amides is 2. The minimum absolute atomic E-state index is 0.0427. The molecule has 4 atom stereocenters. The molecular weight excluding hydrogens is 1750 g/mol. The third kappa shape index (κ3) is 20.1. The predicted octanol–water partition coefficient (Wildman–Crippen LogP) is 17.0. The summed E-state index contributed by atoms with van der Waals surface area (Å²) in [6, 6.07) is 38.5. The van der Waals surface area contributed by atoms with Gasteiger partial charge in [0.1, 0.15) is 47.5 Å². The van der Waals surface area contributed by atoms with E-state index in [2.05, 4.69) is 111 Å². The fraction of sp³-hybridized carbons (Fsp3) is 0.423. The molecule has 30 nitrogen and oxygen atoms in total. The average Bonchev–Trinajstić information content (AvgIpc) is 1.00. The Kier molecular flexibility index (Phi) is 25.7. The normalized spacial score (nSPS) is 20.8. The van der Waals surface area contributed by atoms with Crippen molar-refractivity contribution in [2.45, 2.75) is 133 Å². The van der Waals surface area contributed by atoms with Gasteiger partial charge in [0.2, 0.25) is 0 Å². The molecule has 4 saturated heterocycles. The quantitative estimate of drug-likeness (QED) is 0.0322. The Labute approximate surface area is 772 Å². The Morgan fingerprint density at radius 1 is 0.542 bits per heavy atom. The largest absolute Gasteiger partial charge is 0.489 e. The predicted molar refractivity (Wildman–Crippen MR) is 508 cm³/mol. The van der Waals surface area contributed by atoms with Gasteiger partial charge in [-0.05, 0) is 196 Å². The molecule has 6 aliphatic heterocycles. The van der Waals surface area contributed by atoms with Crippen LogP contribution < -0.4 is 48.0 Å². The number of piperidine rings is 2. The van der Waals surface area contributed by atoms with E-state index in [9.17, 15) is 46.7 Å². The Bertz CT molecular complexity index is 6350. The number of nitro groups is 2. The summed E-state index contributed by atoms with van der Waals surface area (Å²) in [4.78, 5) is 84.0. The molecular formula is C97H110Cl2N16O14S2. The molecule has 10 heterocycles. The first-order valence-electron chi connectivity index (χ1n) is 45.2. The number of piperazine rings is 2. The highest BCUT2D eigenvalue weighted by molar-refractivity contribution is 7.90. The molecule has 131 heavy (non-hydrogen) atoms. The van der Waals surface area contributed by atoms with Gasteiger partial charge >= 0.3 is 0 Å². The third-order valence-electron chi connectivity index (χ3n) is 27.8. The minimum atomic E-state index is -4.65. The molecule has 2 bridgehead atoms. The van der Waals surface area contributed by atoms with E-state index in [4.69, 9.17) is 42.1 Å². The van der Waals surface area contributed by atoms with Crippen LogP contribution in [0.15, 0.2) is 179 Å². The molecule has 5 fully saturated rings. The van der Waals surface area contributed by atoms with Crippen molar-refractivity contribution < 1.29 is 55.2 Å². The molecule has 0 spiro atoms. The van der Waals surface area contributed by atoms with Gasteiger partial charge in [-0.3, -0.25) is 44.5 Å². The SMILES string of the molecule is CN1c2c(cc(S(=O)(=O)NC(=O)c3ccc(N4CCN(CC5=C(c6ccc(Cl)cc6)CC(C)(C)CC5)CC4)cc3Oc3cnc4[nH]ccc4c3)cc2[N+](=O)[O-])OC[C@H]1CN1CCCCC1.CN1c2c(cc(S(=O)(=O)NC(=O)c3ccc(N4CCN(CC5=C(c6ccc(Cl)cc6)CC(C)(C)CC5)CC4)cc3Oc3cnc4[nH]ccc4c3)cc2[N+](=O)[O-])OC[C@H]1CN1C[C@H]2CC[C@@H]1C2. The molecule has 10 aromatic rings. The van der Waals surface area contributed by atoms with Gasteiger partial charge in [0.25, 0.3) is 43.2 Å². The first-order valence-corrected chi connectivity index (χ1v) is 48.9. The number of sulfonamides is 2. The van der Waals surface area contributed by atoms with Gasteiger partial charge in [-0.15, -0.1) is 0 Å². The first kappa shape index (κ1) is 90.2. The highest BCUT2D eigenvalue weighted by Gasteiger charge is 2.44. The maximum Gasteiger partial charge on any atom is 0.297 e. The number of carbonyl (C=O) groups is 2. The van der Waals surface area contributed by atoms with Crippen LogP contribution >= 0.6 is 23.2 Å². The number of benzene rings is 6. The molecule has 2 amide bonds. The van der Waals surface area contributed by atoms with Crippen LogP contribution in [0.3, 0.4) is 0 Å². The molecule has 3 aliphatic carbocycles. The Balaban J connectivity index is 0.000000176. The van der Waals surface area contributed by atoms with Crippen LogP contribution in [-0.2, 0) is 20.0 Å². The van der Waals surface area contributed by atoms with Crippen molar-refractivity contribution in [2.75, 3.05) is 145 Å². The number of H-pyrrole nitrogens is 2. The molecule has 6 aromatic carbocycles. The number of nitro benzene ring substituents is 2.